The number of aromatic amines is 1. The number of thioether (sulfide) groups is 1. The molecule has 0 unspecified atom stereocenters. The lowest BCUT2D eigenvalue weighted by atomic mass is 9.60. The first-order valence-corrected chi connectivity index (χ1v) is 11.2. The maximum atomic E-state index is 11.8. The molecule has 0 amide bonds. The molecule has 0 bridgehead atoms. The molecule has 3 heterocycles. The standard InChI is InChI=1S/C19H29N5O4S/c1-19-3-2-11(4-12(19)5-14(16(25)26)20-9-19)7-24-8-13(6-15(24)17(27)28)29-18-21-10-22-23-18/h10-15,20H,2-9H2,1H3,(H,25,26)(H,27,28)(H,21,22,23)/t11-,12+,13+,14-,15-,19-/m0/s1. The lowest BCUT2D eigenvalue weighted by Gasteiger charge is -2.50. The van der Waals surface area contributed by atoms with Crippen molar-refractivity contribution in [3.05, 3.63) is 6.33 Å². The molecule has 1 saturated carbocycles. The van der Waals surface area contributed by atoms with E-state index in [1.165, 1.54) is 6.33 Å². The Labute approximate surface area is 174 Å². The molecule has 1 aromatic rings. The minimum Gasteiger partial charge on any atom is -0.480 e. The van der Waals surface area contributed by atoms with E-state index >= 15 is 0 Å². The van der Waals surface area contributed by atoms with Crippen LogP contribution < -0.4 is 5.32 Å². The zero-order valence-electron chi connectivity index (χ0n) is 16.6. The highest BCUT2D eigenvalue weighted by molar-refractivity contribution is 7.99. The number of piperidine rings is 1. The van der Waals surface area contributed by atoms with E-state index in [2.05, 4.69) is 32.3 Å². The number of likely N-dealkylation sites (tertiary alicyclic amines) is 1. The maximum Gasteiger partial charge on any atom is 0.320 e. The molecule has 9 nitrogen and oxygen atoms in total. The molecule has 2 saturated heterocycles. The van der Waals surface area contributed by atoms with Crippen molar-refractivity contribution in [3.63, 3.8) is 0 Å². The van der Waals surface area contributed by atoms with Crippen LogP contribution >= 0.6 is 11.8 Å². The lowest BCUT2D eigenvalue weighted by molar-refractivity contribution is -0.144. The number of carboxylic acid groups (broad SMARTS) is 2. The minimum absolute atomic E-state index is 0.143. The van der Waals surface area contributed by atoms with Gasteiger partial charge >= 0.3 is 11.9 Å². The number of nitrogens with one attached hydrogen (secondary N) is 2. The molecule has 0 radical (unpaired) electrons. The number of aliphatic carboxylic acids is 2. The molecule has 1 aliphatic carbocycles. The van der Waals surface area contributed by atoms with E-state index in [1.807, 2.05) is 0 Å². The van der Waals surface area contributed by atoms with Gasteiger partial charge in [0.2, 0.25) is 0 Å². The predicted octanol–water partition coefficient (Wildman–Crippen LogP) is 1.29. The fourth-order valence-corrected chi connectivity index (χ4v) is 6.45. The van der Waals surface area contributed by atoms with Crippen LogP contribution in [0.25, 0.3) is 0 Å². The van der Waals surface area contributed by atoms with Crippen LogP contribution in [0.3, 0.4) is 0 Å². The summed E-state index contributed by atoms with van der Waals surface area (Å²) in [6.07, 6.45) is 5.82. The average molecular weight is 424 g/mol. The summed E-state index contributed by atoms with van der Waals surface area (Å²) >= 11 is 1.56. The van der Waals surface area contributed by atoms with Crippen LogP contribution in [0.1, 0.15) is 39.0 Å². The number of carboxylic acids is 2. The molecule has 6 atom stereocenters. The van der Waals surface area contributed by atoms with E-state index in [0.29, 0.717) is 24.7 Å². The van der Waals surface area contributed by atoms with E-state index < -0.39 is 24.0 Å². The van der Waals surface area contributed by atoms with Crippen LogP contribution in [-0.2, 0) is 9.59 Å². The Morgan fingerprint density at radius 2 is 2.14 bits per heavy atom. The van der Waals surface area contributed by atoms with Gasteiger partial charge in [-0.2, -0.15) is 5.10 Å². The average Bonchev–Trinajstić information content (AvgIpc) is 3.31. The van der Waals surface area contributed by atoms with E-state index in [9.17, 15) is 19.8 Å². The Morgan fingerprint density at radius 1 is 1.31 bits per heavy atom. The fourth-order valence-electron chi connectivity index (χ4n) is 5.38. The van der Waals surface area contributed by atoms with E-state index in [0.717, 1.165) is 44.1 Å². The molecule has 0 aromatic carbocycles. The van der Waals surface area contributed by atoms with E-state index in [1.54, 1.807) is 11.8 Å². The Morgan fingerprint density at radius 3 is 2.83 bits per heavy atom. The zero-order chi connectivity index (χ0) is 20.6. The molecular formula is C19H29N5O4S. The van der Waals surface area contributed by atoms with Gasteiger partial charge in [0, 0.05) is 24.9 Å². The van der Waals surface area contributed by atoms with Gasteiger partial charge < -0.3 is 15.5 Å². The number of hydrogen-bond donors (Lipinski definition) is 4. The number of rotatable bonds is 6. The predicted molar refractivity (Wildman–Crippen MR) is 107 cm³/mol. The summed E-state index contributed by atoms with van der Waals surface area (Å²) < 4.78 is 0. The van der Waals surface area contributed by atoms with Gasteiger partial charge in [-0.05, 0) is 49.4 Å². The van der Waals surface area contributed by atoms with Crippen molar-refractivity contribution in [1.82, 2.24) is 25.4 Å². The first-order valence-electron chi connectivity index (χ1n) is 10.3. The smallest absolute Gasteiger partial charge is 0.320 e. The van der Waals surface area contributed by atoms with E-state index in [-0.39, 0.29) is 10.7 Å². The number of nitrogens with zero attached hydrogens (tertiary/aromatic N) is 3. The Hall–Kier alpha value is -1.65. The van der Waals surface area contributed by atoms with Crippen LogP contribution in [0.15, 0.2) is 11.5 Å². The van der Waals surface area contributed by atoms with Gasteiger partial charge in [0.25, 0.3) is 0 Å². The Balaban J connectivity index is 1.38. The largest absolute Gasteiger partial charge is 0.480 e. The van der Waals surface area contributed by atoms with Crippen LogP contribution in [0.5, 0.6) is 0 Å². The van der Waals surface area contributed by atoms with Crippen molar-refractivity contribution in [3.8, 4) is 0 Å². The van der Waals surface area contributed by atoms with Gasteiger partial charge in [0.1, 0.15) is 18.4 Å². The van der Waals surface area contributed by atoms with Gasteiger partial charge in [-0.3, -0.25) is 19.6 Å². The molecule has 10 heteroatoms. The number of H-pyrrole nitrogens is 1. The highest BCUT2D eigenvalue weighted by atomic mass is 32.2. The highest BCUT2D eigenvalue weighted by Gasteiger charge is 2.46. The van der Waals surface area contributed by atoms with Crippen molar-refractivity contribution < 1.29 is 19.8 Å². The molecule has 2 aliphatic heterocycles. The molecule has 0 spiro atoms. The SMILES string of the molecule is C[C@@]12CC[C@H](CN3C[C@H](Sc4ncn[nH]4)C[C@H]3C(=O)O)C[C@@H]1C[C@@H](C(=O)O)NC2. The second-order valence-electron chi connectivity index (χ2n) is 9.07. The van der Waals surface area contributed by atoms with Gasteiger partial charge in [-0.1, -0.05) is 18.7 Å². The fraction of sp³-hybridized carbons (Fsp3) is 0.789. The first-order chi connectivity index (χ1) is 13.8. The summed E-state index contributed by atoms with van der Waals surface area (Å²) in [7, 11) is 0. The molecule has 3 aliphatic rings. The topological polar surface area (TPSA) is 131 Å². The van der Waals surface area contributed by atoms with Crippen molar-refractivity contribution in [2.75, 3.05) is 19.6 Å². The van der Waals surface area contributed by atoms with Crippen molar-refractivity contribution >= 4 is 23.7 Å². The molecule has 160 valence electrons. The third-order valence-corrected chi connectivity index (χ3v) is 8.21. The summed E-state index contributed by atoms with van der Waals surface area (Å²) in [5.41, 5.74) is 0.143. The first kappa shape index (κ1) is 20.6. The second-order valence-corrected chi connectivity index (χ2v) is 10.4. The monoisotopic (exact) mass is 423 g/mol. The molecule has 3 fully saturated rings. The molecule has 29 heavy (non-hydrogen) atoms. The Kier molecular flexibility index (Phi) is 5.85. The summed E-state index contributed by atoms with van der Waals surface area (Å²) in [5.74, 6) is -0.753. The van der Waals surface area contributed by atoms with Gasteiger partial charge in [-0.25, -0.2) is 4.98 Å². The molecule has 1 aromatic heterocycles. The lowest BCUT2D eigenvalue weighted by Crippen LogP contribution is -2.55. The zero-order valence-corrected chi connectivity index (χ0v) is 17.4. The van der Waals surface area contributed by atoms with Crippen LogP contribution in [0.4, 0.5) is 0 Å². The quantitative estimate of drug-likeness (QED) is 0.534. The summed E-state index contributed by atoms with van der Waals surface area (Å²) in [6, 6.07) is -0.934. The van der Waals surface area contributed by atoms with Gasteiger partial charge in [0.05, 0.1) is 0 Å². The third kappa shape index (κ3) is 4.44. The number of carbonyl (C=O) groups is 2. The second kappa shape index (κ2) is 8.23. The van der Waals surface area contributed by atoms with Crippen molar-refractivity contribution in [2.24, 2.45) is 17.3 Å². The third-order valence-electron chi connectivity index (χ3n) is 7.11. The molecular weight excluding hydrogens is 394 g/mol. The molecule has 4 rings (SSSR count). The highest BCUT2D eigenvalue weighted by Crippen LogP contribution is 2.48. The summed E-state index contributed by atoms with van der Waals surface area (Å²) in [4.78, 5) is 29.5. The van der Waals surface area contributed by atoms with Crippen molar-refractivity contribution in [2.45, 2.75) is 61.5 Å². The van der Waals surface area contributed by atoms with E-state index in [4.69, 9.17) is 0 Å². The molecule has 4 N–H and O–H groups in total. The Bertz CT molecular complexity index is 747. The number of fused-ring (bicyclic) bond motifs is 1. The number of aromatic nitrogens is 3. The number of hydrogen-bond acceptors (Lipinski definition) is 7. The van der Waals surface area contributed by atoms with Gasteiger partial charge in [0.15, 0.2) is 5.16 Å². The minimum atomic E-state index is -0.771. The van der Waals surface area contributed by atoms with Crippen LogP contribution in [-0.4, -0.2) is 79.2 Å². The van der Waals surface area contributed by atoms with Crippen LogP contribution in [0.2, 0.25) is 0 Å². The van der Waals surface area contributed by atoms with Gasteiger partial charge in [-0.15, -0.1) is 0 Å². The van der Waals surface area contributed by atoms with Crippen molar-refractivity contribution in [1.29, 1.82) is 0 Å². The van der Waals surface area contributed by atoms with Crippen LogP contribution in [0, 0.1) is 17.3 Å². The maximum absolute atomic E-state index is 11.8. The summed E-state index contributed by atoms with van der Waals surface area (Å²) in [5, 5.41) is 29.9. The summed E-state index contributed by atoms with van der Waals surface area (Å²) in [6.45, 7) is 4.50. The normalized spacial score (nSPS) is 37.9.